The summed E-state index contributed by atoms with van der Waals surface area (Å²) in [6.45, 7) is 0. The molecule has 0 saturated heterocycles. The van der Waals surface area contributed by atoms with Crippen LogP contribution in [0.15, 0.2) is 60.0 Å². The minimum absolute atomic E-state index is 0.00979. The first-order chi connectivity index (χ1) is 12.0. The van der Waals surface area contributed by atoms with Crippen molar-refractivity contribution >= 4 is 23.5 Å². The fourth-order valence-electron chi connectivity index (χ4n) is 2.38. The first kappa shape index (κ1) is 18.0. The normalized spacial score (nSPS) is 13.4. The molecule has 0 unspecified atom stereocenters. The van der Waals surface area contributed by atoms with Gasteiger partial charge < -0.3 is 20.1 Å². The molecular formula is C18H18N2O5. The molecule has 0 aliphatic carbocycles. The van der Waals surface area contributed by atoms with Crippen molar-refractivity contribution in [3.8, 4) is 0 Å². The van der Waals surface area contributed by atoms with Crippen molar-refractivity contribution in [2.45, 2.75) is 6.42 Å². The van der Waals surface area contributed by atoms with Crippen molar-refractivity contribution in [3.05, 3.63) is 65.5 Å². The number of amides is 1. The lowest BCUT2D eigenvalue weighted by Crippen LogP contribution is -2.27. The van der Waals surface area contributed by atoms with Gasteiger partial charge in [0.1, 0.15) is 5.70 Å². The van der Waals surface area contributed by atoms with E-state index in [0.29, 0.717) is 11.3 Å². The van der Waals surface area contributed by atoms with E-state index in [1.807, 2.05) is 0 Å². The van der Waals surface area contributed by atoms with Crippen LogP contribution in [0.1, 0.15) is 5.56 Å². The summed E-state index contributed by atoms with van der Waals surface area (Å²) in [5.41, 5.74) is 6.55. The summed E-state index contributed by atoms with van der Waals surface area (Å²) in [6.07, 6.45) is 6.43. The van der Waals surface area contributed by atoms with E-state index in [-0.39, 0.29) is 17.7 Å². The SMILES string of the molecule is COC(=O)C1=C(C(=O)OC)N(c2cccc(CC(N)=O)c2)C=CC=C1. The molecular weight excluding hydrogens is 324 g/mol. The van der Waals surface area contributed by atoms with Crippen molar-refractivity contribution in [2.24, 2.45) is 5.73 Å². The van der Waals surface area contributed by atoms with Gasteiger partial charge in [-0.1, -0.05) is 18.2 Å². The molecule has 0 fully saturated rings. The summed E-state index contributed by atoms with van der Waals surface area (Å²) < 4.78 is 9.59. The number of esters is 2. The zero-order chi connectivity index (χ0) is 18.4. The van der Waals surface area contributed by atoms with Gasteiger partial charge in [-0.05, 0) is 29.8 Å². The predicted molar refractivity (Wildman–Crippen MR) is 91.2 cm³/mol. The van der Waals surface area contributed by atoms with E-state index in [1.54, 1.807) is 42.6 Å². The molecule has 1 aliphatic rings. The molecule has 0 aromatic heterocycles. The van der Waals surface area contributed by atoms with Crippen LogP contribution in [0.4, 0.5) is 5.69 Å². The van der Waals surface area contributed by atoms with Crippen molar-refractivity contribution in [2.75, 3.05) is 19.1 Å². The number of hydrogen-bond donors (Lipinski definition) is 1. The van der Waals surface area contributed by atoms with E-state index in [1.165, 1.54) is 25.2 Å². The fraction of sp³-hybridized carbons (Fsp3) is 0.167. The monoisotopic (exact) mass is 342 g/mol. The lowest BCUT2D eigenvalue weighted by Gasteiger charge is -2.23. The third-order valence-electron chi connectivity index (χ3n) is 3.46. The van der Waals surface area contributed by atoms with Crippen molar-refractivity contribution in [3.63, 3.8) is 0 Å². The lowest BCUT2D eigenvalue weighted by molar-refractivity contribution is -0.139. The van der Waals surface area contributed by atoms with Gasteiger partial charge in [0.05, 0.1) is 26.2 Å². The second-order valence-corrected chi connectivity index (χ2v) is 5.13. The molecule has 0 atom stereocenters. The number of nitrogens with two attached hydrogens (primary N) is 1. The third kappa shape index (κ3) is 4.14. The summed E-state index contributed by atoms with van der Waals surface area (Å²) in [5, 5.41) is 0. The first-order valence-electron chi connectivity index (χ1n) is 7.40. The Morgan fingerprint density at radius 3 is 2.44 bits per heavy atom. The second-order valence-electron chi connectivity index (χ2n) is 5.13. The van der Waals surface area contributed by atoms with Gasteiger partial charge in [0.25, 0.3) is 0 Å². The molecule has 0 bridgehead atoms. The Morgan fingerprint density at radius 1 is 1.08 bits per heavy atom. The number of carbonyl (C=O) groups is 3. The fourth-order valence-corrected chi connectivity index (χ4v) is 2.38. The Labute approximate surface area is 145 Å². The third-order valence-corrected chi connectivity index (χ3v) is 3.46. The Morgan fingerprint density at radius 2 is 1.80 bits per heavy atom. The Kier molecular flexibility index (Phi) is 5.73. The molecule has 0 spiro atoms. The maximum atomic E-state index is 12.3. The zero-order valence-electron chi connectivity index (χ0n) is 13.9. The van der Waals surface area contributed by atoms with Gasteiger partial charge in [-0.25, -0.2) is 9.59 Å². The van der Waals surface area contributed by atoms with Gasteiger partial charge in [-0.2, -0.15) is 0 Å². The van der Waals surface area contributed by atoms with E-state index >= 15 is 0 Å². The number of hydrogen-bond acceptors (Lipinski definition) is 6. The molecule has 7 nitrogen and oxygen atoms in total. The summed E-state index contributed by atoms with van der Waals surface area (Å²) in [6, 6.07) is 6.92. The Hall–Kier alpha value is -3.35. The van der Waals surface area contributed by atoms with Crippen LogP contribution >= 0.6 is 0 Å². The van der Waals surface area contributed by atoms with Crippen LogP contribution in [-0.2, 0) is 30.3 Å². The predicted octanol–water partition coefficient (Wildman–Crippen LogP) is 1.20. The topological polar surface area (TPSA) is 98.9 Å². The minimum atomic E-state index is -0.697. The molecule has 0 saturated carbocycles. The second kappa shape index (κ2) is 7.96. The quantitative estimate of drug-likeness (QED) is 0.808. The van der Waals surface area contributed by atoms with Crippen LogP contribution in [0.3, 0.4) is 0 Å². The van der Waals surface area contributed by atoms with Gasteiger partial charge >= 0.3 is 11.9 Å². The van der Waals surface area contributed by atoms with Gasteiger partial charge in [0, 0.05) is 11.9 Å². The highest BCUT2D eigenvalue weighted by Crippen LogP contribution is 2.27. The van der Waals surface area contributed by atoms with Crippen molar-refractivity contribution in [1.29, 1.82) is 0 Å². The molecule has 25 heavy (non-hydrogen) atoms. The Balaban J connectivity index is 2.59. The highest BCUT2D eigenvalue weighted by atomic mass is 16.5. The number of allylic oxidation sites excluding steroid dienone is 2. The van der Waals surface area contributed by atoms with Crippen LogP contribution in [0.25, 0.3) is 0 Å². The maximum Gasteiger partial charge on any atom is 0.355 e. The van der Waals surface area contributed by atoms with Crippen LogP contribution < -0.4 is 10.6 Å². The molecule has 1 heterocycles. The standard InChI is InChI=1S/C18H18N2O5/c1-24-17(22)14-8-3-4-9-20(16(14)18(23)25-2)13-7-5-6-12(10-13)11-15(19)21/h3-10H,11H2,1-2H3,(H2,19,21). The van der Waals surface area contributed by atoms with E-state index in [4.69, 9.17) is 15.2 Å². The van der Waals surface area contributed by atoms with Crippen LogP contribution in [0.5, 0.6) is 0 Å². The van der Waals surface area contributed by atoms with Crippen LogP contribution in [0, 0.1) is 0 Å². The molecule has 0 radical (unpaired) electrons. The van der Waals surface area contributed by atoms with E-state index < -0.39 is 17.8 Å². The number of ether oxygens (including phenoxy) is 2. The number of primary amides is 1. The highest BCUT2D eigenvalue weighted by molar-refractivity contribution is 6.05. The summed E-state index contributed by atoms with van der Waals surface area (Å²) in [7, 11) is 2.46. The molecule has 1 aliphatic heterocycles. The zero-order valence-corrected chi connectivity index (χ0v) is 13.9. The summed E-state index contributed by atoms with van der Waals surface area (Å²) in [5.74, 6) is -1.83. The highest BCUT2D eigenvalue weighted by Gasteiger charge is 2.27. The smallest absolute Gasteiger partial charge is 0.355 e. The van der Waals surface area contributed by atoms with Gasteiger partial charge in [-0.3, -0.25) is 4.79 Å². The van der Waals surface area contributed by atoms with Crippen LogP contribution in [0.2, 0.25) is 0 Å². The summed E-state index contributed by atoms with van der Waals surface area (Å²) >= 11 is 0. The number of rotatable bonds is 5. The minimum Gasteiger partial charge on any atom is -0.465 e. The average Bonchev–Trinajstić information content (AvgIpc) is 2.83. The van der Waals surface area contributed by atoms with Gasteiger partial charge in [0.2, 0.25) is 5.91 Å². The molecule has 2 rings (SSSR count). The van der Waals surface area contributed by atoms with Gasteiger partial charge in [-0.15, -0.1) is 0 Å². The maximum absolute atomic E-state index is 12.3. The number of nitrogens with zero attached hydrogens (tertiary/aromatic N) is 1. The first-order valence-corrected chi connectivity index (χ1v) is 7.40. The number of carbonyl (C=O) groups excluding carboxylic acids is 3. The molecule has 130 valence electrons. The molecule has 1 amide bonds. The molecule has 7 heteroatoms. The molecule has 1 aromatic rings. The molecule has 1 aromatic carbocycles. The van der Waals surface area contributed by atoms with E-state index in [9.17, 15) is 14.4 Å². The van der Waals surface area contributed by atoms with Crippen molar-refractivity contribution in [1.82, 2.24) is 0 Å². The molecule has 2 N–H and O–H groups in total. The number of benzene rings is 1. The number of anilines is 1. The van der Waals surface area contributed by atoms with E-state index in [2.05, 4.69) is 0 Å². The largest absolute Gasteiger partial charge is 0.465 e. The number of methoxy groups -OCH3 is 2. The van der Waals surface area contributed by atoms with Gasteiger partial charge in [0.15, 0.2) is 0 Å². The van der Waals surface area contributed by atoms with E-state index in [0.717, 1.165) is 0 Å². The van der Waals surface area contributed by atoms with Crippen LogP contribution in [-0.4, -0.2) is 32.1 Å². The Bertz CT molecular complexity index is 792. The lowest BCUT2D eigenvalue weighted by atomic mass is 10.1. The van der Waals surface area contributed by atoms with Crippen molar-refractivity contribution < 1.29 is 23.9 Å². The summed E-state index contributed by atoms with van der Waals surface area (Å²) in [4.78, 5) is 37.1. The average molecular weight is 342 g/mol.